The number of hydrogen-bond donors (Lipinski definition) is 3. The zero-order chi connectivity index (χ0) is 26.2. The number of aromatic nitrogens is 2. The summed E-state index contributed by atoms with van der Waals surface area (Å²) < 4.78 is 43.5. The highest BCUT2D eigenvalue weighted by atomic mass is 19.4. The Morgan fingerprint density at radius 1 is 1.22 bits per heavy atom. The quantitative estimate of drug-likeness (QED) is 0.442. The molecule has 12 heteroatoms. The zero-order valence-corrected chi connectivity index (χ0v) is 19.3. The van der Waals surface area contributed by atoms with E-state index in [2.05, 4.69) is 15.2 Å². The summed E-state index contributed by atoms with van der Waals surface area (Å²) in [5.41, 5.74) is 1.95. The van der Waals surface area contributed by atoms with E-state index < -0.39 is 24.3 Å². The fourth-order valence-corrected chi connectivity index (χ4v) is 4.11. The fraction of sp³-hybridized carbons (Fsp3) is 0.292. The van der Waals surface area contributed by atoms with Crippen LogP contribution in [-0.2, 0) is 11.3 Å². The van der Waals surface area contributed by atoms with Crippen LogP contribution in [0, 0.1) is 0 Å². The molecule has 0 spiro atoms. The van der Waals surface area contributed by atoms with Gasteiger partial charge in [-0.05, 0) is 36.8 Å². The minimum atomic E-state index is -4.90. The number of alkyl halides is 3. The average molecular weight is 504 g/mol. The normalized spacial score (nSPS) is 15.7. The smallest absolute Gasteiger partial charge is 0.406 e. The SMILES string of the molecule is CC(=O)Nc1cc(OC(F)(F)F)ccc1-c1cc2n(n1)[C@@H](C)CN(Cc1cccc(C(O)O)c1)C2=O. The second-order valence-corrected chi connectivity index (χ2v) is 8.45. The molecule has 0 bridgehead atoms. The molecule has 36 heavy (non-hydrogen) atoms. The molecule has 2 aromatic carbocycles. The molecule has 1 aromatic heterocycles. The maximum Gasteiger partial charge on any atom is 0.573 e. The Balaban J connectivity index is 1.65. The number of carbonyl (C=O) groups excluding carboxylic acids is 2. The van der Waals surface area contributed by atoms with Crippen molar-refractivity contribution < 1.29 is 37.7 Å². The van der Waals surface area contributed by atoms with Crippen LogP contribution in [0.25, 0.3) is 11.3 Å². The molecule has 2 heterocycles. The van der Waals surface area contributed by atoms with Crippen molar-refractivity contribution >= 4 is 17.5 Å². The van der Waals surface area contributed by atoms with E-state index in [1.807, 2.05) is 6.92 Å². The van der Waals surface area contributed by atoms with Gasteiger partial charge in [-0.3, -0.25) is 14.3 Å². The summed E-state index contributed by atoms with van der Waals surface area (Å²) in [5.74, 6) is -1.33. The maximum atomic E-state index is 13.3. The molecular formula is C24H23F3N4O5. The molecule has 1 aliphatic rings. The number of ether oxygens (including phenoxy) is 1. The molecule has 3 N–H and O–H groups in total. The fourth-order valence-electron chi connectivity index (χ4n) is 4.11. The molecule has 1 aliphatic heterocycles. The highest BCUT2D eigenvalue weighted by Gasteiger charge is 2.33. The van der Waals surface area contributed by atoms with Crippen molar-refractivity contribution in [3.05, 3.63) is 65.4 Å². The predicted molar refractivity (Wildman–Crippen MR) is 122 cm³/mol. The van der Waals surface area contributed by atoms with E-state index in [-0.39, 0.29) is 29.9 Å². The Hall–Kier alpha value is -3.90. The first kappa shape index (κ1) is 25.2. The van der Waals surface area contributed by atoms with Crippen molar-refractivity contribution in [2.75, 3.05) is 11.9 Å². The van der Waals surface area contributed by atoms with E-state index in [1.165, 1.54) is 19.1 Å². The molecule has 9 nitrogen and oxygen atoms in total. The molecule has 0 radical (unpaired) electrons. The number of fused-ring (bicyclic) bond motifs is 1. The summed E-state index contributed by atoms with van der Waals surface area (Å²) in [4.78, 5) is 26.5. The van der Waals surface area contributed by atoms with Gasteiger partial charge in [0.05, 0.1) is 17.4 Å². The number of amides is 2. The third-order valence-electron chi connectivity index (χ3n) is 5.58. The Morgan fingerprint density at radius 3 is 2.64 bits per heavy atom. The number of anilines is 1. The summed E-state index contributed by atoms with van der Waals surface area (Å²) in [7, 11) is 0. The lowest BCUT2D eigenvalue weighted by atomic mass is 10.1. The Labute approximate surface area is 203 Å². The van der Waals surface area contributed by atoms with E-state index in [1.54, 1.807) is 33.8 Å². The lowest BCUT2D eigenvalue weighted by Gasteiger charge is -2.32. The Bertz CT molecular complexity index is 1310. The standard InChI is InChI=1S/C24H23F3N4O5/c1-13-11-30(12-15-4-3-5-16(8-15)23(34)35)22(33)21-10-20(29-31(13)21)18-7-6-17(36-24(25,26)27)9-19(18)28-14(2)32/h3-10,13,23,34-35H,11-12H2,1-2H3,(H,28,32)/t13-/m0/s1. The summed E-state index contributed by atoms with van der Waals surface area (Å²) in [5, 5.41) is 25.8. The number of benzene rings is 2. The van der Waals surface area contributed by atoms with E-state index in [4.69, 9.17) is 0 Å². The molecule has 0 fully saturated rings. The van der Waals surface area contributed by atoms with Crippen molar-refractivity contribution in [1.82, 2.24) is 14.7 Å². The van der Waals surface area contributed by atoms with Gasteiger partial charge in [-0.25, -0.2) is 0 Å². The number of carbonyl (C=O) groups is 2. The molecule has 0 saturated heterocycles. The molecule has 4 rings (SSSR count). The first-order valence-electron chi connectivity index (χ1n) is 10.9. The van der Waals surface area contributed by atoms with E-state index in [0.717, 1.165) is 12.1 Å². The van der Waals surface area contributed by atoms with Crippen molar-refractivity contribution in [1.29, 1.82) is 0 Å². The molecule has 2 amide bonds. The van der Waals surface area contributed by atoms with Crippen LogP contribution in [0.3, 0.4) is 0 Å². The molecule has 1 atom stereocenters. The molecule has 3 aromatic rings. The van der Waals surface area contributed by atoms with E-state index in [9.17, 15) is 33.0 Å². The second kappa shape index (κ2) is 9.63. The summed E-state index contributed by atoms with van der Waals surface area (Å²) in [6.45, 7) is 3.64. The molecule has 0 aliphatic carbocycles. The number of nitrogens with one attached hydrogen (secondary N) is 1. The van der Waals surface area contributed by atoms with Gasteiger partial charge in [0, 0.05) is 37.2 Å². The molecule has 0 unspecified atom stereocenters. The molecule has 0 saturated carbocycles. The van der Waals surface area contributed by atoms with Crippen LogP contribution in [0.5, 0.6) is 5.75 Å². The predicted octanol–water partition coefficient (Wildman–Crippen LogP) is 3.61. The largest absolute Gasteiger partial charge is 0.573 e. The highest BCUT2D eigenvalue weighted by Crippen LogP contribution is 2.35. The zero-order valence-electron chi connectivity index (χ0n) is 19.3. The summed E-state index contributed by atoms with van der Waals surface area (Å²) in [6.07, 6.45) is -6.53. The number of halogens is 3. The first-order chi connectivity index (χ1) is 16.9. The number of hydrogen-bond acceptors (Lipinski definition) is 6. The minimum absolute atomic E-state index is 0.0519. The van der Waals surface area contributed by atoms with Gasteiger partial charge in [0.25, 0.3) is 5.91 Å². The highest BCUT2D eigenvalue weighted by molar-refractivity contribution is 5.97. The third-order valence-corrected chi connectivity index (χ3v) is 5.58. The molecular weight excluding hydrogens is 481 g/mol. The lowest BCUT2D eigenvalue weighted by Crippen LogP contribution is -2.41. The first-order valence-corrected chi connectivity index (χ1v) is 10.9. The van der Waals surface area contributed by atoms with Crippen molar-refractivity contribution in [3.8, 4) is 17.0 Å². The van der Waals surface area contributed by atoms with Gasteiger partial charge in [-0.2, -0.15) is 5.10 Å². The topological polar surface area (TPSA) is 117 Å². The van der Waals surface area contributed by atoms with Crippen LogP contribution in [-0.4, -0.2) is 49.6 Å². The van der Waals surface area contributed by atoms with Crippen molar-refractivity contribution in [2.24, 2.45) is 0 Å². The minimum Gasteiger partial charge on any atom is -0.406 e. The van der Waals surface area contributed by atoms with Gasteiger partial charge in [0.15, 0.2) is 6.29 Å². The number of aliphatic hydroxyl groups is 2. The lowest BCUT2D eigenvalue weighted by molar-refractivity contribution is -0.274. The Kier molecular flexibility index (Phi) is 6.74. The monoisotopic (exact) mass is 504 g/mol. The van der Waals surface area contributed by atoms with Gasteiger partial charge in [-0.15, -0.1) is 13.2 Å². The Morgan fingerprint density at radius 2 is 1.97 bits per heavy atom. The van der Waals surface area contributed by atoms with Crippen LogP contribution < -0.4 is 10.1 Å². The van der Waals surface area contributed by atoms with Crippen molar-refractivity contribution in [2.45, 2.75) is 39.1 Å². The van der Waals surface area contributed by atoms with Gasteiger partial charge >= 0.3 is 6.36 Å². The van der Waals surface area contributed by atoms with Crippen LogP contribution in [0.2, 0.25) is 0 Å². The average Bonchev–Trinajstić information content (AvgIpc) is 3.22. The summed E-state index contributed by atoms with van der Waals surface area (Å²) in [6, 6.07) is 11.4. The van der Waals surface area contributed by atoms with Crippen LogP contribution in [0.15, 0.2) is 48.5 Å². The van der Waals surface area contributed by atoms with Crippen LogP contribution >= 0.6 is 0 Å². The summed E-state index contributed by atoms with van der Waals surface area (Å²) >= 11 is 0. The number of rotatable bonds is 6. The number of aliphatic hydroxyl groups excluding tert-OH is 1. The maximum absolute atomic E-state index is 13.3. The van der Waals surface area contributed by atoms with Gasteiger partial charge in [0.1, 0.15) is 11.4 Å². The van der Waals surface area contributed by atoms with E-state index in [0.29, 0.717) is 28.9 Å². The number of nitrogens with zero attached hydrogens (tertiary/aromatic N) is 3. The van der Waals surface area contributed by atoms with Gasteiger partial charge in [-0.1, -0.05) is 18.2 Å². The van der Waals surface area contributed by atoms with Crippen molar-refractivity contribution in [3.63, 3.8) is 0 Å². The molecule has 190 valence electrons. The van der Waals surface area contributed by atoms with E-state index >= 15 is 0 Å². The second-order valence-electron chi connectivity index (χ2n) is 8.45. The van der Waals surface area contributed by atoms with Crippen LogP contribution in [0.1, 0.15) is 47.8 Å². The van der Waals surface area contributed by atoms with Gasteiger partial charge < -0.3 is 25.2 Å². The van der Waals surface area contributed by atoms with Gasteiger partial charge in [0.2, 0.25) is 5.91 Å². The van der Waals surface area contributed by atoms with Crippen LogP contribution in [0.4, 0.5) is 18.9 Å². The third kappa shape index (κ3) is 5.50.